The molecule has 0 saturated heterocycles. The number of hydrogen-bond acceptors (Lipinski definition) is 2. The van der Waals surface area contributed by atoms with Gasteiger partial charge in [0.2, 0.25) is 0 Å². The fraction of sp³-hybridized carbons (Fsp3) is 0. The molecule has 0 aliphatic carbocycles. The molecule has 0 N–H and O–H groups in total. The Hall–Kier alpha value is -6.64. The van der Waals surface area contributed by atoms with Gasteiger partial charge in [-0.3, -0.25) is 0 Å². The summed E-state index contributed by atoms with van der Waals surface area (Å²) in [6.07, 6.45) is 0. The van der Waals surface area contributed by atoms with E-state index in [1.165, 1.54) is 22.3 Å². The van der Waals surface area contributed by atoms with Gasteiger partial charge in [0.05, 0.1) is 0 Å². The normalized spacial score (nSPS) is 11.2. The largest absolute Gasteiger partial charge is 0.455 e. The van der Waals surface area contributed by atoms with Gasteiger partial charge in [0.1, 0.15) is 11.2 Å². The molecule has 1 aromatic heterocycles. The monoisotopic (exact) mass is 639 g/mol. The number of para-hydroxylation sites is 2. The molecule has 1 heterocycles. The first-order valence-corrected chi connectivity index (χ1v) is 17.0. The molecule has 0 aliphatic heterocycles. The molecular formula is C48H33NO. The highest BCUT2D eigenvalue weighted by molar-refractivity contribution is 6.11. The first kappa shape index (κ1) is 29.5. The average Bonchev–Trinajstić information content (AvgIpc) is 3.58. The molecule has 0 unspecified atom stereocenters. The van der Waals surface area contributed by atoms with Crippen molar-refractivity contribution in [2.45, 2.75) is 0 Å². The number of fused-ring (bicyclic) bond motifs is 3. The van der Waals surface area contributed by atoms with E-state index in [0.717, 1.165) is 61.3 Å². The molecule has 9 aromatic rings. The standard InChI is InChI=1S/C48H33NO/c1-4-12-34(13-5-1)35-20-22-36(23-21-35)37-24-28-42(29-25-37)49(41-16-8-3-9-17-41)43-30-26-38(27-31-43)40-32-45(39-14-6-2-7-15-39)48-46(33-40)44-18-10-11-19-47(44)50-48/h1-33H. The third-order valence-corrected chi connectivity index (χ3v) is 9.49. The van der Waals surface area contributed by atoms with Crippen LogP contribution in [0.15, 0.2) is 205 Å². The first-order valence-electron chi connectivity index (χ1n) is 17.0. The first-order chi connectivity index (χ1) is 24.8. The Kier molecular flexibility index (Phi) is 7.53. The maximum Gasteiger partial charge on any atom is 0.143 e. The topological polar surface area (TPSA) is 16.4 Å². The van der Waals surface area contributed by atoms with Gasteiger partial charge in [-0.05, 0) is 93.5 Å². The smallest absolute Gasteiger partial charge is 0.143 e. The Labute approximate surface area is 292 Å². The van der Waals surface area contributed by atoms with E-state index in [1.54, 1.807) is 0 Å². The molecular weight excluding hydrogens is 607 g/mol. The van der Waals surface area contributed by atoms with Crippen molar-refractivity contribution in [3.63, 3.8) is 0 Å². The summed E-state index contributed by atoms with van der Waals surface area (Å²) in [7, 11) is 0. The predicted molar refractivity (Wildman–Crippen MR) is 210 cm³/mol. The number of hydrogen-bond donors (Lipinski definition) is 0. The molecule has 0 amide bonds. The van der Waals surface area contributed by atoms with Crippen LogP contribution in [0, 0.1) is 0 Å². The highest BCUT2D eigenvalue weighted by Gasteiger charge is 2.17. The van der Waals surface area contributed by atoms with E-state index in [2.05, 4.69) is 193 Å². The fourth-order valence-corrected chi connectivity index (χ4v) is 6.94. The van der Waals surface area contributed by atoms with Crippen LogP contribution in [-0.4, -0.2) is 0 Å². The Bertz CT molecular complexity index is 2530. The Morgan fingerprint density at radius 3 is 1.30 bits per heavy atom. The third-order valence-electron chi connectivity index (χ3n) is 9.49. The fourth-order valence-electron chi connectivity index (χ4n) is 6.94. The molecule has 0 aliphatic rings. The highest BCUT2D eigenvalue weighted by Crippen LogP contribution is 2.41. The van der Waals surface area contributed by atoms with E-state index in [0.29, 0.717) is 0 Å². The van der Waals surface area contributed by atoms with E-state index >= 15 is 0 Å². The number of furan rings is 1. The van der Waals surface area contributed by atoms with Gasteiger partial charge in [-0.2, -0.15) is 0 Å². The van der Waals surface area contributed by atoms with Crippen molar-refractivity contribution in [1.82, 2.24) is 0 Å². The lowest BCUT2D eigenvalue weighted by Crippen LogP contribution is -2.09. The quantitative estimate of drug-likeness (QED) is 0.173. The maximum absolute atomic E-state index is 6.43. The zero-order chi connectivity index (χ0) is 33.3. The Balaban J connectivity index is 1.07. The van der Waals surface area contributed by atoms with Crippen molar-refractivity contribution in [2.75, 3.05) is 4.90 Å². The van der Waals surface area contributed by atoms with Crippen molar-refractivity contribution < 1.29 is 4.42 Å². The average molecular weight is 640 g/mol. The van der Waals surface area contributed by atoms with Crippen molar-refractivity contribution in [3.05, 3.63) is 200 Å². The summed E-state index contributed by atoms with van der Waals surface area (Å²) in [4.78, 5) is 2.31. The zero-order valence-corrected chi connectivity index (χ0v) is 27.4. The van der Waals surface area contributed by atoms with Crippen molar-refractivity contribution in [1.29, 1.82) is 0 Å². The summed E-state index contributed by atoms with van der Waals surface area (Å²) in [6.45, 7) is 0. The van der Waals surface area contributed by atoms with E-state index in [-0.39, 0.29) is 0 Å². The number of nitrogens with zero attached hydrogens (tertiary/aromatic N) is 1. The third kappa shape index (κ3) is 5.53. The lowest BCUT2D eigenvalue weighted by atomic mass is 9.95. The molecule has 50 heavy (non-hydrogen) atoms. The van der Waals surface area contributed by atoms with Gasteiger partial charge in [-0.1, -0.05) is 146 Å². The molecule has 0 atom stereocenters. The minimum Gasteiger partial charge on any atom is -0.455 e. The molecule has 2 heteroatoms. The second-order valence-corrected chi connectivity index (χ2v) is 12.6. The minimum atomic E-state index is 0.904. The van der Waals surface area contributed by atoms with Crippen LogP contribution in [0.3, 0.4) is 0 Å². The van der Waals surface area contributed by atoms with Gasteiger partial charge < -0.3 is 9.32 Å². The second kappa shape index (κ2) is 12.8. The Morgan fingerprint density at radius 1 is 0.300 bits per heavy atom. The highest BCUT2D eigenvalue weighted by atomic mass is 16.3. The van der Waals surface area contributed by atoms with Crippen LogP contribution in [0.5, 0.6) is 0 Å². The summed E-state index contributed by atoms with van der Waals surface area (Å²) >= 11 is 0. The molecule has 236 valence electrons. The molecule has 9 rings (SSSR count). The zero-order valence-electron chi connectivity index (χ0n) is 27.4. The summed E-state index contributed by atoms with van der Waals surface area (Å²) < 4.78 is 6.43. The van der Waals surface area contributed by atoms with Gasteiger partial charge >= 0.3 is 0 Å². The van der Waals surface area contributed by atoms with E-state index < -0.39 is 0 Å². The Morgan fingerprint density at radius 2 is 0.720 bits per heavy atom. The van der Waals surface area contributed by atoms with Crippen molar-refractivity contribution in [3.8, 4) is 44.5 Å². The van der Waals surface area contributed by atoms with Crippen LogP contribution in [0.4, 0.5) is 17.1 Å². The van der Waals surface area contributed by atoms with Gasteiger partial charge in [-0.25, -0.2) is 0 Å². The number of benzene rings is 8. The number of anilines is 3. The van der Waals surface area contributed by atoms with Crippen molar-refractivity contribution in [2.24, 2.45) is 0 Å². The molecule has 8 aromatic carbocycles. The molecule has 0 saturated carbocycles. The van der Waals surface area contributed by atoms with E-state index in [4.69, 9.17) is 4.42 Å². The predicted octanol–water partition coefficient (Wildman–Crippen LogP) is 13.7. The van der Waals surface area contributed by atoms with Crippen LogP contribution in [0.2, 0.25) is 0 Å². The van der Waals surface area contributed by atoms with E-state index in [1.807, 2.05) is 12.1 Å². The molecule has 0 radical (unpaired) electrons. The lowest BCUT2D eigenvalue weighted by Gasteiger charge is -2.26. The van der Waals surface area contributed by atoms with Gasteiger partial charge in [0.25, 0.3) is 0 Å². The van der Waals surface area contributed by atoms with Crippen LogP contribution in [0.1, 0.15) is 0 Å². The summed E-state index contributed by atoms with van der Waals surface area (Å²) in [5.41, 5.74) is 14.5. The van der Waals surface area contributed by atoms with Crippen LogP contribution in [-0.2, 0) is 0 Å². The lowest BCUT2D eigenvalue weighted by molar-refractivity contribution is 0.670. The molecule has 0 bridgehead atoms. The maximum atomic E-state index is 6.43. The van der Waals surface area contributed by atoms with Crippen LogP contribution < -0.4 is 4.90 Å². The number of rotatable bonds is 7. The minimum absolute atomic E-state index is 0.904. The molecule has 2 nitrogen and oxygen atoms in total. The van der Waals surface area contributed by atoms with Gasteiger partial charge in [0.15, 0.2) is 0 Å². The van der Waals surface area contributed by atoms with Crippen LogP contribution >= 0.6 is 0 Å². The summed E-state index contributed by atoms with van der Waals surface area (Å²) in [5, 5.41) is 2.26. The van der Waals surface area contributed by atoms with E-state index in [9.17, 15) is 0 Å². The molecule has 0 fully saturated rings. The van der Waals surface area contributed by atoms with Gasteiger partial charge in [-0.15, -0.1) is 0 Å². The van der Waals surface area contributed by atoms with Crippen molar-refractivity contribution >= 4 is 39.0 Å². The molecule has 0 spiro atoms. The second-order valence-electron chi connectivity index (χ2n) is 12.6. The van der Waals surface area contributed by atoms with Crippen LogP contribution in [0.25, 0.3) is 66.4 Å². The van der Waals surface area contributed by atoms with Gasteiger partial charge in [0, 0.05) is 33.4 Å². The SMILES string of the molecule is c1ccc(-c2ccc(-c3ccc(N(c4ccccc4)c4ccc(-c5cc(-c6ccccc6)c6oc7ccccc7c6c5)cc4)cc3)cc2)cc1. The summed E-state index contributed by atoms with van der Waals surface area (Å²) in [6, 6.07) is 71.0. The summed E-state index contributed by atoms with van der Waals surface area (Å²) in [5.74, 6) is 0.